The highest BCUT2D eigenvalue weighted by Crippen LogP contribution is 2.23. The predicted molar refractivity (Wildman–Crippen MR) is 122 cm³/mol. The third kappa shape index (κ3) is 5.41. The topological polar surface area (TPSA) is 40.6 Å². The number of hydrogen-bond acceptors (Lipinski definition) is 2. The first-order chi connectivity index (χ1) is 15.6. The molecule has 1 aliphatic rings. The first kappa shape index (κ1) is 21.8. The molecule has 0 unspecified atom stereocenters. The van der Waals surface area contributed by atoms with Crippen molar-refractivity contribution >= 4 is 11.8 Å². The van der Waals surface area contributed by atoms with E-state index in [-0.39, 0.29) is 23.5 Å². The van der Waals surface area contributed by atoms with Gasteiger partial charge in [-0.05, 0) is 48.2 Å². The average Bonchev–Trinajstić information content (AvgIpc) is 2.85. The zero-order chi connectivity index (χ0) is 22.3. The highest BCUT2D eigenvalue weighted by molar-refractivity contribution is 5.94. The number of carbonyl (C=O) groups is 2. The minimum atomic E-state index is -0.359. The van der Waals surface area contributed by atoms with Crippen molar-refractivity contribution in [1.29, 1.82) is 0 Å². The van der Waals surface area contributed by atoms with Crippen molar-refractivity contribution in [2.24, 2.45) is 5.92 Å². The van der Waals surface area contributed by atoms with Crippen molar-refractivity contribution in [2.75, 3.05) is 13.1 Å². The summed E-state index contributed by atoms with van der Waals surface area (Å²) in [4.78, 5) is 29.9. The Hall–Kier alpha value is -3.47. The number of carbonyl (C=O) groups excluding carboxylic acids is 2. The molecule has 0 atom stereocenters. The van der Waals surface area contributed by atoms with E-state index in [9.17, 15) is 14.0 Å². The summed E-state index contributed by atoms with van der Waals surface area (Å²) in [7, 11) is 0. The number of amides is 2. The largest absolute Gasteiger partial charge is 0.339 e. The van der Waals surface area contributed by atoms with E-state index in [1.54, 1.807) is 4.90 Å². The van der Waals surface area contributed by atoms with Gasteiger partial charge in [0.2, 0.25) is 5.91 Å². The van der Waals surface area contributed by atoms with E-state index < -0.39 is 0 Å². The standard InChI is InChI=1S/C27H27FN2O2/c28-25-13-11-23(12-14-25)26(31)29-17-15-24(16-18-29)27(32)30(19-21-7-3-1-4-8-21)20-22-9-5-2-6-10-22/h1-14,24H,15-20H2. The van der Waals surface area contributed by atoms with Gasteiger partial charge in [0.1, 0.15) is 5.82 Å². The molecule has 3 aromatic carbocycles. The first-order valence-corrected chi connectivity index (χ1v) is 11.0. The van der Waals surface area contributed by atoms with Gasteiger partial charge in [0, 0.05) is 37.7 Å². The molecule has 4 nitrogen and oxygen atoms in total. The molecule has 0 spiro atoms. The molecule has 32 heavy (non-hydrogen) atoms. The minimum absolute atomic E-state index is 0.110. The Bertz CT molecular complexity index is 989. The monoisotopic (exact) mass is 430 g/mol. The lowest BCUT2D eigenvalue weighted by molar-refractivity contribution is -0.138. The molecule has 1 fully saturated rings. The molecule has 5 heteroatoms. The first-order valence-electron chi connectivity index (χ1n) is 11.0. The van der Waals surface area contributed by atoms with Gasteiger partial charge < -0.3 is 9.80 Å². The van der Waals surface area contributed by atoms with E-state index in [1.807, 2.05) is 65.6 Å². The molecule has 0 aromatic heterocycles. The quantitative estimate of drug-likeness (QED) is 0.558. The van der Waals surface area contributed by atoms with Gasteiger partial charge in [-0.15, -0.1) is 0 Å². The molecule has 3 aromatic rings. The van der Waals surface area contributed by atoms with Crippen molar-refractivity contribution in [2.45, 2.75) is 25.9 Å². The summed E-state index contributed by atoms with van der Waals surface area (Å²) in [6.45, 7) is 2.17. The highest BCUT2D eigenvalue weighted by atomic mass is 19.1. The highest BCUT2D eigenvalue weighted by Gasteiger charge is 2.30. The van der Waals surface area contributed by atoms with Gasteiger partial charge in [-0.25, -0.2) is 4.39 Å². The summed E-state index contributed by atoms with van der Waals surface area (Å²) in [6.07, 6.45) is 1.26. The average molecular weight is 431 g/mol. The van der Waals surface area contributed by atoms with Crippen LogP contribution in [0.2, 0.25) is 0 Å². The smallest absolute Gasteiger partial charge is 0.253 e. The number of benzene rings is 3. The summed E-state index contributed by atoms with van der Waals surface area (Å²) in [5.74, 6) is -0.449. The Morgan fingerprint density at radius 1 is 0.781 bits per heavy atom. The van der Waals surface area contributed by atoms with Crippen LogP contribution < -0.4 is 0 Å². The minimum Gasteiger partial charge on any atom is -0.339 e. The van der Waals surface area contributed by atoms with E-state index in [2.05, 4.69) is 0 Å². The van der Waals surface area contributed by atoms with Crippen LogP contribution in [0.5, 0.6) is 0 Å². The van der Waals surface area contributed by atoms with E-state index in [0.717, 1.165) is 11.1 Å². The lowest BCUT2D eigenvalue weighted by Gasteiger charge is -2.34. The van der Waals surface area contributed by atoms with E-state index >= 15 is 0 Å². The van der Waals surface area contributed by atoms with Gasteiger partial charge >= 0.3 is 0 Å². The van der Waals surface area contributed by atoms with Crippen molar-refractivity contribution < 1.29 is 14.0 Å². The number of hydrogen-bond donors (Lipinski definition) is 0. The zero-order valence-corrected chi connectivity index (χ0v) is 18.0. The fourth-order valence-corrected chi connectivity index (χ4v) is 4.18. The van der Waals surface area contributed by atoms with Gasteiger partial charge in [0.25, 0.3) is 5.91 Å². The Labute approximate surface area is 188 Å². The Morgan fingerprint density at radius 2 is 1.28 bits per heavy atom. The Morgan fingerprint density at radius 3 is 1.78 bits per heavy atom. The molecule has 1 heterocycles. The van der Waals surface area contributed by atoms with Crippen LogP contribution in [0, 0.1) is 11.7 Å². The molecule has 0 aliphatic carbocycles. The lowest BCUT2D eigenvalue weighted by Crippen LogP contribution is -2.44. The van der Waals surface area contributed by atoms with Crippen LogP contribution in [-0.4, -0.2) is 34.7 Å². The molecule has 0 radical (unpaired) electrons. The van der Waals surface area contributed by atoms with E-state index in [1.165, 1.54) is 24.3 Å². The second-order valence-corrected chi connectivity index (χ2v) is 8.24. The van der Waals surface area contributed by atoms with Crippen LogP contribution in [-0.2, 0) is 17.9 Å². The van der Waals surface area contributed by atoms with Crippen molar-refractivity contribution in [3.05, 3.63) is 107 Å². The van der Waals surface area contributed by atoms with Crippen LogP contribution in [0.25, 0.3) is 0 Å². The van der Waals surface area contributed by atoms with Crippen LogP contribution in [0.3, 0.4) is 0 Å². The molecule has 0 N–H and O–H groups in total. The summed E-state index contributed by atoms with van der Waals surface area (Å²) in [5.41, 5.74) is 2.67. The molecule has 164 valence electrons. The van der Waals surface area contributed by atoms with Crippen LogP contribution in [0.15, 0.2) is 84.9 Å². The second kappa shape index (κ2) is 10.2. The molecular formula is C27H27FN2O2. The number of piperidine rings is 1. The summed E-state index contributed by atoms with van der Waals surface area (Å²) < 4.78 is 13.2. The van der Waals surface area contributed by atoms with E-state index in [4.69, 9.17) is 0 Å². The van der Waals surface area contributed by atoms with Crippen LogP contribution in [0.1, 0.15) is 34.3 Å². The maximum Gasteiger partial charge on any atom is 0.253 e. The van der Waals surface area contributed by atoms with Crippen molar-refractivity contribution in [3.8, 4) is 0 Å². The van der Waals surface area contributed by atoms with Crippen LogP contribution in [0.4, 0.5) is 4.39 Å². The molecule has 0 saturated carbocycles. The molecule has 1 aliphatic heterocycles. The van der Waals surface area contributed by atoms with Crippen molar-refractivity contribution in [1.82, 2.24) is 9.80 Å². The van der Waals surface area contributed by atoms with Crippen LogP contribution >= 0.6 is 0 Å². The van der Waals surface area contributed by atoms with Gasteiger partial charge in [0.15, 0.2) is 0 Å². The summed E-state index contributed by atoms with van der Waals surface area (Å²) in [5, 5.41) is 0. The van der Waals surface area contributed by atoms with Gasteiger partial charge in [-0.1, -0.05) is 60.7 Å². The fourth-order valence-electron chi connectivity index (χ4n) is 4.18. The molecule has 2 amide bonds. The number of likely N-dealkylation sites (tertiary alicyclic amines) is 1. The maximum absolute atomic E-state index is 13.5. The fraction of sp³-hybridized carbons (Fsp3) is 0.259. The summed E-state index contributed by atoms with van der Waals surface area (Å²) >= 11 is 0. The zero-order valence-electron chi connectivity index (χ0n) is 18.0. The number of nitrogens with zero attached hydrogens (tertiary/aromatic N) is 2. The normalized spacial score (nSPS) is 14.2. The summed E-state index contributed by atoms with van der Waals surface area (Å²) in [6, 6.07) is 25.7. The SMILES string of the molecule is O=C(c1ccc(F)cc1)N1CCC(C(=O)N(Cc2ccccc2)Cc2ccccc2)CC1. The van der Waals surface area contributed by atoms with E-state index in [0.29, 0.717) is 44.6 Å². The van der Waals surface area contributed by atoms with Gasteiger partial charge in [-0.2, -0.15) is 0 Å². The van der Waals surface area contributed by atoms with Crippen molar-refractivity contribution in [3.63, 3.8) is 0 Å². The molecular weight excluding hydrogens is 403 g/mol. The molecule has 1 saturated heterocycles. The third-order valence-corrected chi connectivity index (χ3v) is 5.97. The predicted octanol–water partition coefficient (Wildman–Crippen LogP) is 4.91. The molecule has 0 bridgehead atoms. The van der Waals surface area contributed by atoms with Gasteiger partial charge in [0.05, 0.1) is 0 Å². The Kier molecular flexibility index (Phi) is 6.95. The molecule has 4 rings (SSSR count). The van der Waals surface area contributed by atoms with Gasteiger partial charge in [-0.3, -0.25) is 9.59 Å². The lowest BCUT2D eigenvalue weighted by atomic mass is 9.94. The second-order valence-electron chi connectivity index (χ2n) is 8.24. The maximum atomic E-state index is 13.5. The number of rotatable bonds is 6. The third-order valence-electron chi connectivity index (χ3n) is 5.97. The Balaban J connectivity index is 1.42. The number of halogens is 1.